The van der Waals surface area contributed by atoms with Crippen molar-refractivity contribution in [1.82, 2.24) is 5.32 Å². The van der Waals surface area contributed by atoms with Gasteiger partial charge in [0, 0.05) is 13.1 Å². The van der Waals surface area contributed by atoms with Crippen molar-refractivity contribution in [3.8, 4) is 22.6 Å². The number of carboxylic acid groups (broad SMARTS) is 1. The molecule has 0 atom stereocenters. The van der Waals surface area contributed by atoms with Crippen molar-refractivity contribution in [2.24, 2.45) is 5.41 Å². The quantitative estimate of drug-likeness (QED) is 0.650. The van der Waals surface area contributed by atoms with Gasteiger partial charge in [-0.1, -0.05) is 44.2 Å². The van der Waals surface area contributed by atoms with Crippen LogP contribution < -0.4 is 14.8 Å². The summed E-state index contributed by atoms with van der Waals surface area (Å²) in [4.78, 5) is 11.7. The Bertz CT molecular complexity index is 754. The highest BCUT2D eigenvalue weighted by Gasteiger charge is 2.34. The third kappa shape index (κ3) is 4.61. The minimum atomic E-state index is -0.754. The average molecular weight is 371 g/mol. The van der Waals surface area contributed by atoms with E-state index in [1.165, 1.54) is 0 Å². The van der Waals surface area contributed by atoms with Crippen molar-refractivity contribution in [3.63, 3.8) is 0 Å². The molecule has 0 heterocycles. The van der Waals surface area contributed by atoms with Gasteiger partial charge in [-0.15, -0.1) is 0 Å². The molecule has 0 radical (unpaired) electrons. The summed E-state index contributed by atoms with van der Waals surface area (Å²) in [6, 6.07) is 14.0. The zero-order valence-corrected chi connectivity index (χ0v) is 16.5. The van der Waals surface area contributed by atoms with Gasteiger partial charge in [0.25, 0.3) is 0 Å². The Balaban J connectivity index is 2.33. The second-order valence-corrected chi connectivity index (χ2v) is 6.63. The Morgan fingerprint density at radius 2 is 1.63 bits per heavy atom. The summed E-state index contributed by atoms with van der Waals surface area (Å²) in [6.07, 6.45) is 1.17. The van der Waals surface area contributed by atoms with Gasteiger partial charge in [0.2, 0.25) is 0 Å². The maximum Gasteiger partial charge on any atom is 0.310 e. The lowest BCUT2D eigenvalue weighted by molar-refractivity contribution is -0.149. The molecule has 2 N–H and O–H groups in total. The molecule has 0 bridgehead atoms. The number of ether oxygens (including phenoxy) is 2. The van der Waals surface area contributed by atoms with E-state index in [9.17, 15) is 9.90 Å². The second kappa shape index (κ2) is 9.42. The van der Waals surface area contributed by atoms with E-state index in [4.69, 9.17) is 9.47 Å². The van der Waals surface area contributed by atoms with E-state index >= 15 is 0 Å². The van der Waals surface area contributed by atoms with Crippen LogP contribution in [-0.2, 0) is 11.3 Å². The summed E-state index contributed by atoms with van der Waals surface area (Å²) in [7, 11) is 3.23. The van der Waals surface area contributed by atoms with E-state index in [1.807, 2.05) is 56.3 Å². The van der Waals surface area contributed by atoms with E-state index in [1.54, 1.807) is 14.2 Å². The van der Waals surface area contributed by atoms with Gasteiger partial charge in [0.05, 0.1) is 19.6 Å². The second-order valence-electron chi connectivity index (χ2n) is 6.63. The number of methoxy groups -OCH3 is 2. The van der Waals surface area contributed by atoms with Crippen LogP contribution in [0.1, 0.15) is 32.3 Å². The predicted octanol–water partition coefficient (Wildman–Crippen LogP) is 4.35. The summed E-state index contributed by atoms with van der Waals surface area (Å²) >= 11 is 0. The molecule has 0 unspecified atom stereocenters. The predicted molar refractivity (Wildman–Crippen MR) is 107 cm³/mol. The Labute approximate surface area is 161 Å². The fraction of sp³-hybridized carbons (Fsp3) is 0.409. The first kappa shape index (κ1) is 20.8. The van der Waals surface area contributed by atoms with Crippen LogP contribution in [0.15, 0.2) is 42.5 Å². The minimum Gasteiger partial charge on any atom is -0.493 e. The third-order valence-electron chi connectivity index (χ3n) is 5.28. The lowest BCUT2D eigenvalue weighted by atomic mass is 9.82. The number of benzene rings is 2. The van der Waals surface area contributed by atoms with Gasteiger partial charge < -0.3 is 19.9 Å². The van der Waals surface area contributed by atoms with E-state index in [2.05, 4.69) is 5.32 Å². The zero-order chi connectivity index (χ0) is 19.9. The molecule has 0 spiro atoms. The van der Waals surface area contributed by atoms with Crippen LogP contribution in [0.2, 0.25) is 0 Å². The van der Waals surface area contributed by atoms with Gasteiger partial charge in [-0.3, -0.25) is 4.79 Å². The number of nitrogens with one attached hydrogen (secondary N) is 1. The smallest absolute Gasteiger partial charge is 0.310 e. The van der Waals surface area contributed by atoms with Gasteiger partial charge in [-0.05, 0) is 41.7 Å². The highest BCUT2D eigenvalue weighted by molar-refractivity contribution is 5.75. The Morgan fingerprint density at radius 3 is 2.15 bits per heavy atom. The molecule has 0 fully saturated rings. The van der Waals surface area contributed by atoms with Gasteiger partial charge in [0.15, 0.2) is 11.5 Å². The zero-order valence-electron chi connectivity index (χ0n) is 16.5. The van der Waals surface area contributed by atoms with Crippen molar-refractivity contribution >= 4 is 5.97 Å². The molecule has 0 saturated heterocycles. The van der Waals surface area contributed by atoms with Crippen molar-refractivity contribution in [3.05, 3.63) is 48.0 Å². The van der Waals surface area contributed by atoms with Crippen LogP contribution >= 0.6 is 0 Å². The molecular formula is C22H29NO4. The van der Waals surface area contributed by atoms with Crippen molar-refractivity contribution in [1.29, 1.82) is 0 Å². The summed E-state index contributed by atoms with van der Waals surface area (Å²) in [5.41, 5.74) is 2.40. The van der Waals surface area contributed by atoms with Crippen LogP contribution in [0.4, 0.5) is 0 Å². The molecule has 0 amide bonds. The fourth-order valence-electron chi connectivity index (χ4n) is 3.27. The third-order valence-corrected chi connectivity index (χ3v) is 5.28. The maximum atomic E-state index is 11.7. The van der Waals surface area contributed by atoms with Crippen molar-refractivity contribution in [2.45, 2.75) is 33.2 Å². The van der Waals surface area contributed by atoms with E-state index < -0.39 is 11.4 Å². The molecule has 5 heteroatoms. The number of hydrogen-bond acceptors (Lipinski definition) is 4. The Kier molecular flexibility index (Phi) is 7.25. The molecule has 27 heavy (non-hydrogen) atoms. The topological polar surface area (TPSA) is 67.8 Å². The molecule has 2 aromatic carbocycles. The molecule has 2 aromatic rings. The molecule has 0 aliphatic carbocycles. The number of aliphatic carboxylic acids is 1. The average Bonchev–Trinajstić information content (AvgIpc) is 2.71. The monoisotopic (exact) mass is 371 g/mol. The fourth-order valence-corrected chi connectivity index (χ4v) is 3.27. The van der Waals surface area contributed by atoms with Gasteiger partial charge in [0.1, 0.15) is 0 Å². The molecule has 0 aliphatic rings. The lowest BCUT2D eigenvalue weighted by Crippen LogP contribution is -2.40. The standard InChI is InChI=1S/C22H29NO4/c1-5-22(6-2,21(24)25)15-23-14-17-12-19(26-3)20(27-4)13-18(17)16-10-8-7-9-11-16/h7-13,23H,5-6,14-15H2,1-4H3,(H,24,25). The minimum absolute atomic E-state index is 0.415. The van der Waals surface area contributed by atoms with E-state index in [0.717, 1.165) is 16.7 Å². The SMILES string of the molecule is CCC(CC)(CNCc1cc(OC)c(OC)cc1-c1ccccc1)C(=O)O. The largest absolute Gasteiger partial charge is 0.493 e. The number of carboxylic acids is 1. The van der Waals surface area contributed by atoms with Crippen molar-refractivity contribution in [2.75, 3.05) is 20.8 Å². The van der Waals surface area contributed by atoms with Crippen LogP contribution in [0, 0.1) is 5.41 Å². The van der Waals surface area contributed by atoms with Crippen LogP contribution in [0.5, 0.6) is 11.5 Å². The molecule has 0 saturated carbocycles. The summed E-state index contributed by atoms with van der Waals surface area (Å²) in [5, 5.41) is 13.0. The molecule has 5 nitrogen and oxygen atoms in total. The summed E-state index contributed by atoms with van der Waals surface area (Å²) < 4.78 is 10.9. The molecule has 146 valence electrons. The van der Waals surface area contributed by atoms with E-state index in [0.29, 0.717) is 37.4 Å². The number of carbonyl (C=O) groups is 1. The van der Waals surface area contributed by atoms with Crippen LogP contribution in [0.3, 0.4) is 0 Å². The molecule has 0 aromatic heterocycles. The number of rotatable bonds is 10. The maximum absolute atomic E-state index is 11.7. The van der Waals surface area contributed by atoms with Gasteiger partial charge in [-0.2, -0.15) is 0 Å². The first-order valence-electron chi connectivity index (χ1n) is 9.25. The van der Waals surface area contributed by atoms with Gasteiger partial charge in [-0.25, -0.2) is 0 Å². The highest BCUT2D eigenvalue weighted by Crippen LogP contribution is 2.36. The molecule has 2 rings (SSSR count). The first-order chi connectivity index (χ1) is 13.0. The summed E-state index contributed by atoms with van der Waals surface area (Å²) in [5.74, 6) is 0.571. The van der Waals surface area contributed by atoms with Gasteiger partial charge >= 0.3 is 5.97 Å². The summed E-state index contributed by atoms with van der Waals surface area (Å²) in [6.45, 7) is 4.80. The van der Waals surface area contributed by atoms with Crippen LogP contribution in [-0.4, -0.2) is 31.8 Å². The molecular weight excluding hydrogens is 342 g/mol. The highest BCUT2D eigenvalue weighted by atomic mass is 16.5. The first-order valence-corrected chi connectivity index (χ1v) is 9.25. The Morgan fingerprint density at radius 1 is 1.04 bits per heavy atom. The van der Waals surface area contributed by atoms with Crippen molar-refractivity contribution < 1.29 is 19.4 Å². The lowest BCUT2D eigenvalue weighted by Gasteiger charge is -2.27. The molecule has 0 aliphatic heterocycles. The normalized spacial score (nSPS) is 11.3. The van der Waals surface area contributed by atoms with Crippen LogP contribution in [0.25, 0.3) is 11.1 Å². The number of hydrogen-bond donors (Lipinski definition) is 2. The van der Waals surface area contributed by atoms with E-state index in [-0.39, 0.29) is 0 Å². The Hall–Kier alpha value is -2.53.